The Morgan fingerprint density at radius 1 is 1.30 bits per heavy atom. The van der Waals surface area contributed by atoms with Gasteiger partial charge in [0.1, 0.15) is 5.82 Å². The van der Waals surface area contributed by atoms with E-state index in [2.05, 4.69) is 44.8 Å². The fraction of sp³-hybridized carbons (Fsp3) is 0.647. The topological polar surface area (TPSA) is 15.3 Å². The second-order valence-electron chi connectivity index (χ2n) is 7.64. The average Bonchev–Trinajstić information content (AvgIpc) is 2.29. The van der Waals surface area contributed by atoms with E-state index in [1.165, 1.54) is 0 Å². The van der Waals surface area contributed by atoms with E-state index in [-0.39, 0.29) is 16.8 Å². The molecule has 1 aromatic carbocycles. The molecule has 1 aromatic rings. The lowest BCUT2D eigenvalue weighted by molar-refractivity contribution is 0.0264. The Kier molecular flexibility index (Phi) is 4.22. The third-order valence-corrected chi connectivity index (χ3v) is 4.14. The molecule has 1 unspecified atom stereocenters. The van der Waals surface area contributed by atoms with Crippen LogP contribution in [0, 0.1) is 11.2 Å². The first-order valence-electron chi connectivity index (χ1n) is 7.41. The highest BCUT2D eigenvalue weighted by Gasteiger charge is 2.38. The van der Waals surface area contributed by atoms with E-state index in [0.29, 0.717) is 12.6 Å². The molecular formula is C17H27FN2. The predicted molar refractivity (Wildman–Crippen MR) is 82.1 cm³/mol. The number of rotatable bonds is 2. The van der Waals surface area contributed by atoms with Crippen LogP contribution < -0.4 is 5.32 Å². The van der Waals surface area contributed by atoms with Crippen molar-refractivity contribution < 1.29 is 4.39 Å². The third-order valence-electron chi connectivity index (χ3n) is 4.14. The van der Waals surface area contributed by atoms with Gasteiger partial charge in [-0.2, -0.15) is 0 Å². The summed E-state index contributed by atoms with van der Waals surface area (Å²) in [6, 6.07) is 7.52. The van der Waals surface area contributed by atoms with Crippen LogP contribution in [0.3, 0.4) is 0 Å². The second-order valence-corrected chi connectivity index (χ2v) is 7.64. The van der Waals surface area contributed by atoms with Gasteiger partial charge in [-0.25, -0.2) is 4.39 Å². The van der Waals surface area contributed by atoms with Crippen LogP contribution >= 0.6 is 0 Å². The number of benzene rings is 1. The highest BCUT2D eigenvalue weighted by Crippen LogP contribution is 2.30. The van der Waals surface area contributed by atoms with Gasteiger partial charge in [-0.1, -0.05) is 39.0 Å². The van der Waals surface area contributed by atoms with Crippen molar-refractivity contribution in [3.05, 3.63) is 35.6 Å². The van der Waals surface area contributed by atoms with Gasteiger partial charge in [-0.05, 0) is 25.3 Å². The molecule has 0 spiro atoms. The van der Waals surface area contributed by atoms with Crippen LogP contribution in [0.1, 0.15) is 40.2 Å². The van der Waals surface area contributed by atoms with Crippen molar-refractivity contribution in [2.24, 2.45) is 5.41 Å². The molecule has 0 aromatic heterocycles. The minimum atomic E-state index is -0.100. The molecule has 0 radical (unpaired) electrons. The van der Waals surface area contributed by atoms with E-state index in [9.17, 15) is 4.39 Å². The minimum Gasteiger partial charge on any atom is -0.309 e. The monoisotopic (exact) mass is 278 g/mol. The quantitative estimate of drug-likeness (QED) is 0.891. The normalized spacial score (nSPS) is 23.8. The molecule has 3 heteroatoms. The smallest absolute Gasteiger partial charge is 0.127 e. The van der Waals surface area contributed by atoms with Crippen LogP contribution in [0.15, 0.2) is 24.3 Å². The van der Waals surface area contributed by atoms with E-state index < -0.39 is 0 Å². The van der Waals surface area contributed by atoms with Gasteiger partial charge < -0.3 is 5.32 Å². The lowest BCUT2D eigenvalue weighted by Crippen LogP contribution is -2.64. The molecule has 1 N–H and O–H groups in total. The SMILES string of the molecule is CC1(C)CN(Cc2ccccc2F)C(C(C)(C)C)CN1. The zero-order valence-corrected chi connectivity index (χ0v) is 13.3. The Bertz CT molecular complexity index is 462. The van der Waals surface area contributed by atoms with Gasteiger partial charge in [0.25, 0.3) is 0 Å². The third kappa shape index (κ3) is 3.58. The molecule has 1 saturated heterocycles. The fourth-order valence-electron chi connectivity index (χ4n) is 3.04. The first-order valence-corrected chi connectivity index (χ1v) is 7.41. The van der Waals surface area contributed by atoms with Gasteiger partial charge in [-0.3, -0.25) is 4.90 Å². The predicted octanol–water partition coefficient (Wildman–Crippen LogP) is 3.42. The molecule has 1 fully saturated rings. The molecule has 1 aliphatic heterocycles. The van der Waals surface area contributed by atoms with Gasteiger partial charge in [0.05, 0.1) is 0 Å². The molecule has 0 bridgehead atoms. The van der Waals surface area contributed by atoms with E-state index in [4.69, 9.17) is 0 Å². The van der Waals surface area contributed by atoms with Crippen molar-refractivity contribution in [3.8, 4) is 0 Å². The van der Waals surface area contributed by atoms with E-state index in [1.54, 1.807) is 12.1 Å². The molecular weight excluding hydrogens is 251 g/mol. The van der Waals surface area contributed by atoms with Gasteiger partial charge >= 0.3 is 0 Å². The maximum absolute atomic E-state index is 13.9. The van der Waals surface area contributed by atoms with Crippen LogP contribution in [-0.4, -0.2) is 29.6 Å². The largest absolute Gasteiger partial charge is 0.309 e. The average molecular weight is 278 g/mol. The highest BCUT2D eigenvalue weighted by molar-refractivity contribution is 5.18. The summed E-state index contributed by atoms with van der Waals surface area (Å²) in [5, 5.41) is 3.61. The van der Waals surface area contributed by atoms with Crippen molar-refractivity contribution in [1.29, 1.82) is 0 Å². The molecule has 0 amide bonds. The fourth-order valence-corrected chi connectivity index (χ4v) is 3.04. The molecule has 1 atom stereocenters. The summed E-state index contributed by atoms with van der Waals surface area (Å²) in [6.07, 6.45) is 0. The van der Waals surface area contributed by atoms with Gasteiger partial charge in [0, 0.05) is 36.8 Å². The molecule has 1 heterocycles. The number of nitrogens with zero attached hydrogens (tertiary/aromatic N) is 1. The van der Waals surface area contributed by atoms with E-state index in [1.807, 2.05) is 12.1 Å². The summed E-state index contributed by atoms with van der Waals surface area (Å²) in [6.45, 7) is 13.7. The summed E-state index contributed by atoms with van der Waals surface area (Å²) in [7, 11) is 0. The van der Waals surface area contributed by atoms with E-state index in [0.717, 1.165) is 18.7 Å². The van der Waals surface area contributed by atoms with Crippen LogP contribution in [0.4, 0.5) is 4.39 Å². The number of hydrogen-bond acceptors (Lipinski definition) is 2. The zero-order valence-electron chi connectivity index (χ0n) is 13.3. The Hall–Kier alpha value is -0.930. The molecule has 0 saturated carbocycles. The summed E-state index contributed by atoms with van der Waals surface area (Å²) in [5.74, 6) is -0.100. The van der Waals surface area contributed by atoms with Crippen molar-refractivity contribution in [1.82, 2.24) is 10.2 Å². The summed E-state index contributed by atoms with van der Waals surface area (Å²) in [4.78, 5) is 2.43. The van der Waals surface area contributed by atoms with E-state index >= 15 is 0 Å². The summed E-state index contributed by atoms with van der Waals surface area (Å²) >= 11 is 0. The summed E-state index contributed by atoms with van der Waals surface area (Å²) in [5.41, 5.74) is 1.04. The molecule has 112 valence electrons. The molecule has 1 aliphatic rings. The number of nitrogens with one attached hydrogen (secondary N) is 1. The van der Waals surface area contributed by atoms with Crippen LogP contribution in [0.2, 0.25) is 0 Å². The van der Waals surface area contributed by atoms with Crippen LogP contribution in [0.25, 0.3) is 0 Å². The second kappa shape index (κ2) is 5.45. The molecule has 2 rings (SSSR count). The van der Waals surface area contributed by atoms with Gasteiger partial charge in [0.15, 0.2) is 0 Å². The first kappa shape index (κ1) is 15.5. The Labute approximate surface area is 122 Å². The lowest BCUT2D eigenvalue weighted by Gasteiger charge is -2.49. The van der Waals surface area contributed by atoms with Crippen LogP contribution in [0.5, 0.6) is 0 Å². The Morgan fingerprint density at radius 2 is 1.95 bits per heavy atom. The standard InChI is InChI=1S/C17H27FN2/c1-16(2,3)15-10-19-17(4,5)12-20(15)11-13-8-6-7-9-14(13)18/h6-9,15,19H,10-12H2,1-5H3. The maximum Gasteiger partial charge on any atom is 0.127 e. The van der Waals surface area contributed by atoms with Crippen molar-refractivity contribution >= 4 is 0 Å². The molecule has 2 nitrogen and oxygen atoms in total. The van der Waals surface area contributed by atoms with Crippen molar-refractivity contribution in [3.63, 3.8) is 0 Å². The van der Waals surface area contributed by atoms with Crippen LogP contribution in [-0.2, 0) is 6.54 Å². The van der Waals surface area contributed by atoms with Crippen molar-refractivity contribution in [2.45, 2.75) is 52.7 Å². The van der Waals surface area contributed by atoms with Gasteiger partial charge in [0.2, 0.25) is 0 Å². The number of piperazine rings is 1. The van der Waals surface area contributed by atoms with Crippen molar-refractivity contribution in [2.75, 3.05) is 13.1 Å². The lowest BCUT2D eigenvalue weighted by atomic mass is 9.82. The highest BCUT2D eigenvalue weighted by atomic mass is 19.1. The zero-order chi connectivity index (χ0) is 15.0. The number of halogens is 1. The summed E-state index contributed by atoms with van der Waals surface area (Å²) < 4.78 is 13.9. The minimum absolute atomic E-state index is 0.0764. The van der Waals surface area contributed by atoms with Gasteiger partial charge in [-0.15, -0.1) is 0 Å². The maximum atomic E-state index is 13.9. The Balaban J connectivity index is 2.22. The first-order chi connectivity index (χ1) is 9.19. The number of hydrogen-bond donors (Lipinski definition) is 1. The Morgan fingerprint density at radius 3 is 2.55 bits per heavy atom. The molecule has 20 heavy (non-hydrogen) atoms. The molecule has 0 aliphatic carbocycles.